The molecule has 1 aromatic heterocycles. The summed E-state index contributed by atoms with van der Waals surface area (Å²) < 4.78 is 1.58. The molecule has 1 rings (SSSR count). The number of carbonyl (C=O) groups excluding carboxylic acids is 1. The van der Waals surface area contributed by atoms with Gasteiger partial charge < -0.3 is 20.1 Å². The van der Waals surface area contributed by atoms with Crippen molar-refractivity contribution in [2.45, 2.75) is 32.4 Å². The van der Waals surface area contributed by atoms with Gasteiger partial charge in [-0.05, 0) is 19.4 Å². The van der Waals surface area contributed by atoms with E-state index in [1.807, 2.05) is 6.92 Å². The zero-order chi connectivity index (χ0) is 15.3. The lowest BCUT2D eigenvalue weighted by molar-refractivity contribution is -0.140. The first kappa shape index (κ1) is 16.0. The SMILES string of the molecule is CCn1cc(Cl)cc1C(=O)NC(CCC(=O)O)C(=O)O. The molecule has 0 aliphatic carbocycles. The highest BCUT2D eigenvalue weighted by atomic mass is 35.5. The van der Waals surface area contributed by atoms with Crippen molar-refractivity contribution >= 4 is 29.4 Å². The van der Waals surface area contributed by atoms with Gasteiger partial charge in [-0.1, -0.05) is 11.6 Å². The molecule has 20 heavy (non-hydrogen) atoms. The fourth-order valence-corrected chi connectivity index (χ4v) is 1.91. The zero-order valence-corrected chi connectivity index (χ0v) is 11.6. The third-order valence-corrected chi connectivity index (χ3v) is 2.89. The van der Waals surface area contributed by atoms with Crippen LogP contribution in [-0.4, -0.2) is 38.7 Å². The topological polar surface area (TPSA) is 109 Å². The Morgan fingerprint density at radius 1 is 1.40 bits per heavy atom. The first-order valence-corrected chi connectivity index (χ1v) is 6.34. The van der Waals surface area contributed by atoms with E-state index in [2.05, 4.69) is 5.32 Å². The molecule has 0 fully saturated rings. The number of carboxylic acids is 2. The summed E-state index contributed by atoms with van der Waals surface area (Å²) in [5.74, 6) is -3.00. The number of amides is 1. The molecule has 110 valence electrons. The first-order valence-electron chi connectivity index (χ1n) is 5.96. The van der Waals surface area contributed by atoms with E-state index in [4.69, 9.17) is 21.8 Å². The van der Waals surface area contributed by atoms with Crippen LogP contribution in [0.1, 0.15) is 30.3 Å². The van der Waals surface area contributed by atoms with Crippen molar-refractivity contribution in [3.05, 3.63) is 23.0 Å². The van der Waals surface area contributed by atoms with Gasteiger partial charge >= 0.3 is 11.9 Å². The number of carbonyl (C=O) groups is 3. The van der Waals surface area contributed by atoms with Gasteiger partial charge in [0, 0.05) is 19.2 Å². The summed E-state index contributed by atoms with van der Waals surface area (Å²) in [6.07, 6.45) is 1.03. The molecule has 0 aliphatic heterocycles. The maximum absolute atomic E-state index is 12.0. The number of hydrogen-bond donors (Lipinski definition) is 3. The van der Waals surface area contributed by atoms with E-state index in [0.29, 0.717) is 11.6 Å². The molecule has 1 amide bonds. The van der Waals surface area contributed by atoms with Crippen molar-refractivity contribution in [2.75, 3.05) is 0 Å². The Balaban J connectivity index is 2.79. The van der Waals surface area contributed by atoms with Crippen LogP contribution in [0.2, 0.25) is 5.02 Å². The van der Waals surface area contributed by atoms with E-state index in [1.165, 1.54) is 6.07 Å². The Hall–Kier alpha value is -2.02. The third kappa shape index (κ3) is 4.27. The highest BCUT2D eigenvalue weighted by Crippen LogP contribution is 2.14. The molecule has 0 saturated carbocycles. The Bertz CT molecular complexity index is 526. The van der Waals surface area contributed by atoms with Gasteiger partial charge in [-0.25, -0.2) is 4.79 Å². The largest absolute Gasteiger partial charge is 0.481 e. The van der Waals surface area contributed by atoms with E-state index in [9.17, 15) is 14.4 Å². The van der Waals surface area contributed by atoms with Gasteiger partial charge in [-0.2, -0.15) is 0 Å². The van der Waals surface area contributed by atoms with Gasteiger partial charge in [-0.15, -0.1) is 0 Å². The summed E-state index contributed by atoms with van der Waals surface area (Å²) in [5, 5.41) is 20.2. The summed E-state index contributed by atoms with van der Waals surface area (Å²) in [7, 11) is 0. The van der Waals surface area contributed by atoms with Crippen LogP contribution >= 0.6 is 11.6 Å². The molecule has 1 heterocycles. The second-order valence-electron chi connectivity index (χ2n) is 4.13. The molecule has 0 radical (unpaired) electrons. The Labute approximate surface area is 120 Å². The van der Waals surface area contributed by atoms with Gasteiger partial charge in [0.1, 0.15) is 11.7 Å². The zero-order valence-electron chi connectivity index (χ0n) is 10.8. The van der Waals surface area contributed by atoms with Crippen LogP contribution in [0.5, 0.6) is 0 Å². The van der Waals surface area contributed by atoms with Crippen LogP contribution < -0.4 is 5.32 Å². The fraction of sp³-hybridized carbons (Fsp3) is 0.417. The van der Waals surface area contributed by atoms with Gasteiger partial charge in [0.05, 0.1) is 5.02 Å². The van der Waals surface area contributed by atoms with Crippen molar-refractivity contribution in [1.82, 2.24) is 9.88 Å². The maximum Gasteiger partial charge on any atom is 0.326 e. The van der Waals surface area contributed by atoms with E-state index in [-0.39, 0.29) is 18.5 Å². The lowest BCUT2D eigenvalue weighted by atomic mass is 10.1. The standard InChI is InChI=1S/C12H15ClN2O5/c1-2-15-6-7(13)5-9(15)11(18)14-8(12(19)20)3-4-10(16)17/h5-6,8H,2-4H2,1H3,(H,14,18)(H,16,17)(H,19,20). The predicted octanol–water partition coefficient (Wildman–Crippen LogP) is 1.21. The van der Waals surface area contributed by atoms with E-state index in [1.54, 1.807) is 10.8 Å². The highest BCUT2D eigenvalue weighted by molar-refractivity contribution is 6.31. The van der Waals surface area contributed by atoms with E-state index < -0.39 is 23.9 Å². The summed E-state index contributed by atoms with van der Waals surface area (Å²) in [6.45, 7) is 2.31. The second kappa shape index (κ2) is 6.95. The maximum atomic E-state index is 12.0. The third-order valence-electron chi connectivity index (χ3n) is 2.69. The Morgan fingerprint density at radius 3 is 2.55 bits per heavy atom. The molecule has 3 N–H and O–H groups in total. The first-order chi connectivity index (χ1) is 9.35. The number of halogens is 1. The fourth-order valence-electron chi connectivity index (χ4n) is 1.68. The quantitative estimate of drug-likeness (QED) is 0.701. The Kier molecular flexibility index (Phi) is 5.57. The number of nitrogens with one attached hydrogen (secondary N) is 1. The number of rotatable bonds is 7. The van der Waals surface area contributed by atoms with Gasteiger partial charge in [0.15, 0.2) is 0 Å². The number of carboxylic acid groups (broad SMARTS) is 2. The van der Waals surface area contributed by atoms with Crippen molar-refractivity contribution in [3.8, 4) is 0 Å². The molecule has 1 unspecified atom stereocenters. The molecule has 0 spiro atoms. The minimum absolute atomic E-state index is 0.184. The summed E-state index contributed by atoms with van der Waals surface area (Å²) >= 11 is 5.80. The number of hydrogen-bond acceptors (Lipinski definition) is 3. The minimum atomic E-state index is -1.28. The van der Waals surface area contributed by atoms with Crippen LogP contribution in [0.3, 0.4) is 0 Å². The van der Waals surface area contributed by atoms with Crippen molar-refractivity contribution in [3.63, 3.8) is 0 Å². The number of aromatic nitrogens is 1. The lowest BCUT2D eigenvalue weighted by Gasteiger charge is -2.14. The smallest absolute Gasteiger partial charge is 0.326 e. The lowest BCUT2D eigenvalue weighted by Crippen LogP contribution is -2.41. The second-order valence-corrected chi connectivity index (χ2v) is 4.56. The number of nitrogens with zero attached hydrogens (tertiary/aromatic N) is 1. The monoisotopic (exact) mass is 302 g/mol. The van der Waals surface area contributed by atoms with Crippen LogP contribution in [0.25, 0.3) is 0 Å². The van der Waals surface area contributed by atoms with Gasteiger partial charge in [0.2, 0.25) is 0 Å². The van der Waals surface area contributed by atoms with E-state index in [0.717, 1.165) is 0 Å². The van der Waals surface area contributed by atoms with Crippen LogP contribution in [0.4, 0.5) is 0 Å². The summed E-state index contributed by atoms with van der Waals surface area (Å²) in [5.41, 5.74) is 0.235. The summed E-state index contributed by atoms with van der Waals surface area (Å²) in [4.78, 5) is 33.5. The molecule has 1 atom stereocenters. The molecule has 0 bridgehead atoms. The van der Waals surface area contributed by atoms with Crippen LogP contribution in [-0.2, 0) is 16.1 Å². The highest BCUT2D eigenvalue weighted by Gasteiger charge is 2.23. The molecule has 0 saturated heterocycles. The number of aliphatic carboxylic acids is 2. The molecule has 7 nitrogen and oxygen atoms in total. The van der Waals surface area contributed by atoms with Crippen molar-refractivity contribution < 1.29 is 24.6 Å². The molecule has 0 aliphatic rings. The van der Waals surface area contributed by atoms with Gasteiger partial charge in [0.25, 0.3) is 5.91 Å². The van der Waals surface area contributed by atoms with Crippen LogP contribution in [0, 0.1) is 0 Å². The summed E-state index contributed by atoms with van der Waals surface area (Å²) in [6, 6.07) is 0.175. The van der Waals surface area contributed by atoms with Gasteiger partial charge in [-0.3, -0.25) is 9.59 Å². The molecule has 8 heteroatoms. The number of aryl methyl sites for hydroxylation is 1. The Morgan fingerprint density at radius 2 is 2.05 bits per heavy atom. The molecule has 0 aromatic carbocycles. The average molecular weight is 303 g/mol. The average Bonchev–Trinajstić information content (AvgIpc) is 2.74. The molecular formula is C12H15ClN2O5. The van der Waals surface area contributed by atoms with Crippen LogP contribution in [0.15, 0.2) is 12.3 Å². The molecule has 1 aromatic rings. The predicted molar refractivity (Wildman–Crippen MR) is 70.9 cm³/mol. The van der Waals surface area contributed by atoms with Crippen molar-refractivity contribution in [2.24, 2.45) is 0 Å². The minimum Gasteiger partial charge on any atom is -0.481 e. The van der Waals surface area contributed by atoms with E-state index >= 15 is 0 Å². The van der Waals surface area contributed by atoms with Crippen molar-refractivity contribution in [1.29, 1.82) is 0 Å². The normalized spacial score (nSPS) is 11.9. The molecular weight excluding hydrogens is 288 g/mol.